The maximum atomic E-state index is 12.4. The lowest BCUT2D eigenvalue weighted by Gasteiger charge is -2.36. The lowest BCUT2D eigenvalue weighted by Crippen LogP contribution is -2.50. The molecule has 0 N–H and O–H groups in total. The van der Waals surface area contributed by atoms with Crippen molar-refractivity contribution in [2.24, 2.45) is 0 Å². The van der Waals surface area contributed by atoms with Gasteiger partial charge in [0, 0.05) is 37.9 Å². The van der Waals surface area contributed by atoms with E-state index >= 15 is 0 Å². The van der Waals surface area contributed by atoms with Crippen molar-refractivity contribution in [1.82, 2.24) is 4.90 Å². The van der Waals surface area contributed by atoms with Crippen LogP contribution >= 0.6 is 34.8 Å². The molecule has 0 spiro atoms. The Balaban J connectivity index is 1.53. The van der Waals surface area contributed by atoms with E-state index < -0.39 is 0 Å². The summed E-state index contributed by atoms with van der Waals surface area (Å²) in [7, 11) is 0. The van der Waals surface area contributed by atoms with E-state index in [-0.39, 0.29) is 12.5 Å². The molecule has 138 valence electrons. The SMILES string of the molecule is Cc1cccc(N2CCN(C(=O)COc3cc(Cl)c(Cl)cc3Cl)CC2)c1. The van der Waals surface area contributed by atoms with Crippen molar-refractivity contribution >= 4 is 46.4 Å². The maximum absolute atomic E-state index is 12.4. The van der Waals surface area contributed by atoms with Crippen molar-refractivity contribution in [3.05, 3.63) is 57.0 Å². The maximum Gasteiger partial charge on any atom is 0.260 e. The fraction of sp³-hybridized carbons (Fsp3) is 0.316. The summed E-state index contributed by atoms with van der Waals surface area (Å²) in [6, 6.07) is 11.4. The molecular formula is C19H19Cl3N2O2. The highest BCUT2D eigenvalue weighted by Gasteiger charge is 2.22. The largest absolute Gasteiger partial charge is 0.482 e. The van der Waals surface area contributed by atoms with Crippen LogP contribution in [0.5, 0.6) is 5.75 Å². The molecule has 1 aliphatic rings. The number of anilines is 1. The van der Waals surface area contributed by atoms with Gasteiger partial charge in [-0.1, -0.05) is 46.9 Å². The number of ether oxygens (including phenoxy) is 1. The molecule has 26 heavy (non-hydrogen) atoms. The van der Waals surface area contributed by atoms with Crippen LogP contribution in [0.2, 0.25) is 15.1 Å². The number of nitrogens with zero attached hydrogens (tertiary/aromatic N) is 2. The van der Waals surface area contributed by atoms with E-state index in [2.05, 4.69) is 36.1 Å². The fourth-order valence-corrected chi connectivity index (χ4v) is 3.48. The van der Waals surface area contributed by atoms with E-state index in [1.54, 1.807) is 4.90 Å². The Morgan fingerprint density at radius 1 is 1.00 bits per heavy atom. The van der Waals surface area contributed by atoms with Gasteiger partial charge in [-0.3, -0.25) is 4.79 Å². The van der Waals surface area contributed by atoms with Gasteiger partial charge in [0.2, 0.25) is 0 Å². The zero-order valence-electron chi connectivity index (χ0n) is 14.3. The van der Waals surface area contributed by atoms with Gasteiger partial charge in [-0.15, -0.1) is 0 Å². The van der Waals surface area contributed by atoms with Crippen LogP contribution in [0.15, 0.2) is 36.4 Å². The first-order valence-corrected chi connectivity index (χ1v) is 9.44. The van der Waals surface area contributed by atoms with Gasteiger partial charge in [-0.05, 0) is 30.7 Å². The number of benzene rings is 2. The molecule has 0 radical (unpaired) electrons. The zero-order chi connectivity index (χ0) is 18.7. The highest BCUT2D eigenvalue weighted by molar-refractivity contribution is 6.43. The lowest BCUT2D eigenvalue weighted by atomic mass is 10.2. The fourth-order valence-electron chi connectivity index (χ4n) is 2.88. The van der Waals surface area contributed by atoms with Crippen LogP contribution in [-0.2, 0) is 4.79 Å². The van der Waals surface area contributed by atoms with Crippen molar-refractivity contribution in [1.29, 1.82) is 0 Å². The molecule has 1 heterocycles. The number of rotatable bonds is 4. The molecule has 1 saturated heterocycles. The number of carbonyl (C=O) groups is 1. The van der Waals surface area contributed by atoms with Crippen molar-refractivity contribution in [2.45, 2.75) is 6.92 Å². The summed E-state index contributed by atoms with van der Waals surface area (Å²) in [6.45, 7) is 4.90. The summed E-state index contributed by atoms with van der Waals surface area (Å²) in [5.74, 6) is 0.281. The topological polar surface area (TPSA) is 32.8 Å². The van der Waals surface area contributed by atoms with Crippen LogP contribution in [0.1, 0.15) is 5.56 Å². The molecule has 0 bridgehead atoms. The van der Waals surface area contributed by atoms with Crippen LogP contribution < -0.4 is 9.64 Å². The van der Waals surface area contributed by atoms with Gasteiger partial charge in [0.05, 0.1) is 15.1 Å². The molecule has 7 heteroatoms. The van der Waals surface area contributed by atoms with E-state index in [9.17, 15) is 4.79 Å². The Hall–Kier alpha value is -1.62. The summed E-state index contributed by atoms with van der Waals surface area (Å²) >= 11 is 17.9. The quantitative estimate of drug-likeness (QED) is 0.682. The Morgan fingerprint density at radius 3 is 2.38 bits per heavy atom. The predicted molar refractivity (Wildman–Crippen MR) is 107 cm³/mol. The number of carbonyl (C=O) groups excluding carboxylic acids is 1. The average Bonchev–Trinajstić information content (AvgIpc) is 2.63. The van der Waals surface area contributed by atoms with Crippen molar-refractivity contribution in [2.75, 3.05) is 37.7 Å². The molecule has 1 aliphatic heterocycles. The first kappa shape index (κ1) is 19.2. The number of aryl methyl sites for hydroxylation is 1. The highest BCUT2D eigenvalue weighted by Crippen LogP contribution is 2.33. The van der Waals surface area contributed by atoms with Crippen molar-refractivity contribution < 1.29 is 9.53 Å². The first-order chi connectivity index (χ1) is 12.4. The van der Waals surface area contributed by atoms with E-state index in [0.717, 1.165) is 13.1 Å². The van der Waals surface area contributed by atoms with Crippen LogP contribution in [-0.4, -0.2) is 43.6 Å². The van der Waals surface area contributed by atoms with Gasteiger partial charge in [-0.25, -0.2) is 0 Å². The molecule has 1 fully saturated rings. The minimum absolute atomic E-state index is 0.0731. The average molecular weight is 414 g/mol. The Bertz CT molecular complexity index is 805. The third-order valence-corrected chi connectivity index (χ3v) is 5.34. The van der Waals surface area contributed by atoms with E-state index in [0.29, 0.717) is 33.9 Å². The standard InChI is InChI=1S/C19H19Cl3N2O2/c1-13-3-2-4-14(9-13)23-5-7-24(8-6-23)19(25)12-26-18-11-16(21)15(20)10-17(18)22/h2-4,9-11H,5-8,12H2,1H3. The van der Waals surface area contributed by atoms with Crippen LogP contribution in [0.4, 0.5) is 5.69 Å². The predicted octanol–water partition coefficient (Wildman–Crippen LogP) is 4.68. The Kier molecular flexibility index (Phi) is 6.17. The van der Waals surface area contributed by atoms with Gasteiger partial charge < -0.3 is 14.5 Å². The minimum Gasteiger partial charge on any atom is -0.482 e. The Labute approximate surface area is 168 Å². The number of piperazine rings is 1. The van der Waals surface area contributed by atoms with Crippen molar-refractivity contribution in [3.8, 4) is 5.75 Å². The van der Waals surface area contributed by atoms with Crippen molar-refractivity contribution in [3.63, 3.8) is 0 Å². The lowest BCUT2D eigenvalue weighted by molar-refractivity contribution is -0.133. The molecule has 0 unspecified atom stereocenters. The molecule has 4 nitrogen and oxygen atoms in total. The minimum atomic E-state index is -0.0812. The summed E-state index contributed by atoms with van der Waals surface area (Å²) in [5.41, 5.74) is 2.42. The molecule has 0 aliphatic carbocycles. The third kappa shape index (κ3) is 4.56. The summed E-state index contributed by atoms with van der Waals surface area (Å²) in [5, 5.41) is 1.02. The molecule has 0 atom stereocenters. The van der Waals surface area contributed by atoms with E-state index in [1.165, 1.54) is 23.4 Å². The van der Waals surface area contributed by atoms with Gasteiger partial charge in [0.1, 0.15) is 5.75 Å². The monoisotopic (exact) mass is 412 g/mol. The molecular weight excluding hydrogens is 395 g/mol. The normalized spacial score (nSPS) is 14.5. The molecule has 2 aromatic carbocycles. The summed E-state index contributed by atoms with van der Waals surface area (Å²) in [4.78, 5) is 16.5. The number of hydrogen-bond acceptors (Lipinski definition) is 3. The summed E-state index contributed by atoms with van der Waals surface area (Å²) < 4.78 is 5.53. The van der Waals surface area contributed by atoms with Gasteiger partial charge in [0.15, 0.2) is 6.61 Å². The third-order valence-electron chi connectivity index (χ3n) is 4.33. The van der Waals surface area contributed by atoms with Crippen LogP contribution in [0.25, 0.3) is 0 Å². The van der Waals surface area contributed by atoms with Gasteiger partial charge in [-0.2, -0.15) is 0 Å². The highest BCUT2D eigenvalue weighted by atomic mass is 35.5. The number of amides is 1. The zero-order valence-corrected chi connectivity index (χ0v) is 16.6. The van der Waals surface area contributed by atoms with Gasteiger partial charge >= 0.3 is 0 Å². The second-order valence-electron chi connectivity index (χ2n) is 6.19. The smallest absolute Gasteiger partial charge is 0.260 e. The second kappa shape index (κ2) is 8.38. The molecule has 2 aromatic rings. The van der Waals surface area contributed by atoms with E-state index in [1.807, 2.05) is 0 Å². The second-order valence-corrected chi connectivity index (χ2v) is 7.41. The number of hydrogen-bond donors (Lipinski definition) is 0. The first-order valence-electron chi connectivity index (χ1n) is 8.31. The summed E-state index contributed by atoms with van der Waals surface area (Å²) in [6.07, 6.45) is 0. The molecule has 3 rings (SSSR count). The molecule has 0 aromatic heterocycles. The van der Waals surface area contributed by atoms with Gasteiger partial charge in [0.25, 0.3) is 5.91 Å². The number of halogens is 3. The van der Waals surface area contributed by atoms with Crippen LogP contribution in [0, 0.1) is 6.92 Å². The molecule has 0 saturated carbocycles. The van der Waals surface area contributed by atoms with Crippen LogP contribution in [0.3, 0.4) is 0 Å². The van der Waals surface area contributed by atoms with E-state index in [4.69, 9.17) is 39.5 Å². The molecule has 1 amide bonds. The Morgan fingerprint density at radius 2 is 1.69 bits per heavy atom.